The normalized spacial score (nSPS) is 8.20. The van der Waals surface area contributed by atoms with Crippen molar-refractivity contribution >= 4 is 30.4 Å². The van der Waals surface area contributed by atoms with Crippen LogP contribution in [0.25, 0.3) is 0 Å². The van der Waals surface area contributed by atoms with Gasteiger partial charge in [-0.15, -0.1) is 0 Å². The van der Waals surface area contributed by atoms with Crippen LogP contribution in [0.2, 0.25) is 0 Å². The molecule has 0 heterocycles. The number of rotatable bonds is 4. The van der Waals surface area contributed by atoms with E-state index in [0.717, 1.165) is 12.8 Å². The summed E-state index contributed by atoms with van der Waals surface area (Å²) >= 11 is 0. The molecule has 0 aliphatic carbocycles. The fraction of sp³-hybridized carbons (Fsp3) is 0.714. The van der Waals surface area contributed by atoms with Crippen LogP contribution in [0.3, 0.4) is 0 Å². The maximum atomic E-state index is 10.6. The molecule has 0 aliphatic heterocycles. The molecular formula is C7H13LiO2. The first kappa shape index (κ1) is 12.6. The van der Waals surface area contributed by atoms with Gasteiger partial charge in [-0.3, -0.25) is 9.59 Å². The molecular weight excluding hydrogens is 123 g/mol. The van der Waals surface area contributed by atoms with Crippen molar-refractivity contribution in [1.82, 2.24) is 0 Å². The van der Waals surface area contributed by atoms with Crippen molar-refractivity contribution in [2.45, 2.75) is 33.1 Å². The SMILES string of the molecule is CCCCC(=O)C(C)=O.[LiH]. The summed E-state index contributed by atoms with van der Waals surface area (Å²) in [6.07, 6.45) is 2.23. The van der Waals surface area contributed by atoms with E-state index in [1.54, 1.807) is 0 Å². The molecule has 0 rings (SSSR count). The Morgan fingerprint density at radius 3 is 2.10 bits per heavy atom. The van der Waals surface area contributed by atoms with Crippen LogP contribution >= 0.6 is 0 Å². The molecule has 0 unspecified atom stereocenters. The molecule has 0 aliphatic rings. The Kier molecular flexibility index (Phi) is 8.88. The van der Waals surface area contributed by atoms with Crippen LogP contribution in [-0.2, 0) is 9.59 Å². The number of hydrogen-bond acceptors (Lipinski definition) is 2. The molecule has 0 saturated carbocycles. The van der Waals surface area contributed by atoms with Gasteiger partial charge >= 0.3 is 18.9 Å². The summed E-state index contributed by atoms with van der Waals surface area (Å²) in [4.78, 5) is 20.9. The Balaban J connectivity index is 0. The quantitative estimate of drug-likeness (QED) is 0.421. The molecule has 0 N–H and O–H groups in total. The van der Waals surface area contributed by atoms with Gasteiger partial charge in [0.05, 0.1) is 0 Å². The first-order chi connectivity index (χ1) is 4.18. The van der Waals surface area contributed by atoms with Crippen LogP contribution in [-0.4, -0.2) is 30.4 Å². The molecule has 0 amide bonds. The molecule has 0 aromatic rings. The first-order valence-electron chi connectivity index (χ1n) is 3.22. The van der Waals surface area contributed by atoms with E-state index < -0.39 is 0 Å². The minimum atomic E-state index is -0.316. The predicted molar refractivity (Wildman–Crippen MR) is 42.4 cm³/mol. The van der Waals surface area contributed by atoms with Crippen molar-refractivity contribution in [1.29, 1.82) is 0 Å². The second-order valence-corrected chi connectivity index (χ2v) is 2.08. The molecule has 0 radical (unpaired) electrons. The summed E-state index contributed by atoms with van der Waals surface area (Å²) in [7, 11) is 0. The van der Waals surface area contributed by atoms with Gasteiger partial charge < -0.3 is 0 Å². The Labute approximate surface area is 73.5 Å². The zero-order chi connectivity index (χ0) is 7.28. The minimum absolute atomic E-state index is 0. The molecule has 0 bridgehead atoms. The van der Waals surface area contributed by atoms with Crippen molar-refractivity contribution in [3.8, 4) is 0 Å². The summed E-state index contributed by atoms with van der Waals surface area (Å²) in [5.41, 5.74) is 0. The molecule has 0 atom stereocenters. The average molecular weight is 136 g/mol. The predicted octanol–water partition coefficient (Wildman–Crippen LogP) is 0.686. The van der Waals surface area contributed by atoms with Crippen LogP contribution in [0.5, 0.6) is 0 Å². The number of unbranched alkanes of at least 4 members (excludes halogenated alkanes) is 1. The van der Waals surface area contributed by atoms with Gasteiger partial charge in [-0.2, -0.15) is 0 Å². The van der Waals surface area contributed by atoms with Gasteiger partial charge in [-0.25, -0.2) is 0 Å². The van der Waals surface area contributed by atoms with E-state index in [2.05, 4.69) is 0 Å². The number of ketones is 2. The molecule has 0 aromatic heterocycles. The number of carbonyl (C=O) groups is 2. The Hall–Kier alpha value is -0.0626. The Bertz CT molecular complexity index is 121. The molecule has 0 fully saturated rings. The van der Waals surface area contributed by atoms with Crippen LogP contribution in [0.1, 0.15) is 33.1 Å². The van der Waals surface area contributed by atoms with E-state index in [1.807, 2.05) is 6.92 Å². The standard InChI is InChI=1S/C7H12O2.Li.H/c1-3-4-5-7(9)6(2)8;;/h3-5H2,1-2H3;;. The van der Waals surface area contributed by atoms with Crippen LogP contribution in [0.4, 0.5) is 0 Å². The summed E-state index contributed by atoms with van der Waals surface area (Å²) in [6, 6.07) is 0. The van der Waals surface area contributed by atoms with Crippen LogP contribution in [0, 0.1) is 0 Å². The second kappa shape index (κ2) is 7.05. The third-order valence-corrected chi connectivity index (χ3v) is 1.15. The van der Waals surface area contributed by atoms with Gasteiger partial charge in [0.1, 0.15) is 0 Å². The molecule has 2 nitrogen and oxygen atoms in total. The van der Waals surface area contributed by atoms with Crippen molar-refractivity contribution in [2.24, 2.45) is 0 Å². The van der Waals surface area contributed by atoms with Gasteiger partial charge in [-0.05, 0) is 6.42 Å². The molecule has 54 valence electrons. The van der Waals surface area contributed by atoms with Crippen molar-refractivity contribution in [2.75, 3.05) is 0 Å². The second-order valence-electron chi connectivity index (χ2n) is 2.08. The van der Waals surface area contributed by atoms with Gasteiger partial charge in [-0.1, -0.05) is 13.3 Å². The topological polar surface area (TPSA) is 34.1 Å². The van der Waals surface area contributed by atoms with E-state index in [-0.39, 0.29) is 30.4 Å². The summed E-state index contributed by atoms with van der Waals surface area (Å²) in [6.45, 7) is 3.31. The van der Waals surface area contributed by atoms with E-state index in [1.165, 1.54) is 6.92 Å². The van der Waals surface area contributed by atoms with Crippen LogP contribution < -0.4 is 0 Å². The Morgan fingerprint density at radius 1 is 1.30 bits per heavy atom. The first-order valence-corrected chi connectivity index (χ1v) is 3.22. The van der Waals surface area contributed by atoms with E-state index in [4.69, 9.17) is 0 Å². The molecule has 10 heavy (non-hydrogen) atoms. The van der Waals surface area contributed by atoms with Gasteiger partial charge in [0.25, 0.3) is 0 Å². The average Bonchev–Trinajstić information content (AvgIpc) is 1.82. The molecule has 0 saturated heterocycles. The monoisotopic (exact) mass is 136 g/mol. The number of Topliss-reactive ketones (excluding diaryl/α,β-unsaturated/α-hetero) is 2. The molecule has 0 spiro atoms. The zero-order valence-electron chi connectivity index (χ0n) is 5.94. The summed E-state index contributed by atoms with van der Waals surface area (Å²) in [5.74, 6) is -0.555. The van der Waals surface area contributed by atoms with Gasteiger partial charge in [0.2, 0.25) is 0 Å². The van der Waals surface area contributed by atoms with Crippen LogP contribution in [0.15, 0.2) is 0 Å². The number of carbonyl (C=O) groups excluding carboxylic acids is 2. The summed E-state index contributed by atoms with van der Waals surface area (Å²) < 4.78 is 0. The van der Waals surface area contributed by atoms with Crippen molar-refractivity contribution in [3.63, 3.8) is 0 Å². The van der Waals surface area contributed by atoms with E-state index >= 15 is 0 Å². The third-order valence-electron chi connectivity index (χ3n) is 1.15. The van der Waals surface area contributed by atoms with E-state index in [0.29, 0.717) is 6.42 Å². The van der Waals surface area contributed by atoms with Crippen molar-refractivity contribution in [3.05, 3.63) is 0 Å². The maximum absolute atomic E-state index is 10.6. The van der Waals surface area contributed by atoms with Gasteiger partial charge in [0.15, 0.2) is 11.6 Å². The zero-order valence-corrected chi connectivity index (χ0v) is 5.94. The van der Waals surface area contributed by atoms with E-state index in [9.17, 15) is 9.59 Å². The summed E-state index contributed by atoms with van der Waals surface area (Å²) in [5, 5.41) is 0. The fourth-order valence-corrected chi connectivity index (χ4v) is 0.513. The van der Waals surface area contributed by atoms with Crippen molar-refractivity contribution < 1.29 is 9.59 Å². The Morgan fingerprint density at radius 2 is 1.80 bits per heavy atom. The number of hydrogen-bond donors (Lipinski definition) is 0. The fourth-order valence-electron chi connectivity index (χ4n) is 0.513. The third kappa shape index (κ3) is 6.06. The molecule has 3 heteroatoms. The van der Waals surface area contributed by atoms with Gasteiger partial charge in [0, 0.05) is 13.3 Å². The molecule has 0 aromatic carbocycles.